The molecular weight excluding hydrogens is 266 g/mol. The standard InChI is InChI=1S/C16H21N3O2/c1-2-20-13-8-4-3-7-12(13)14-18-15(21-19-14)16(11-17)9-5-6-10-16/h3-4,7-8H,2,5-6,9-11,17H2,1H3. The van der Waals surface area contributed by atoms with Crippen molar-refractivity contribution in [3.8, 4) is 17.1 Å². The number of rotatable bonds is 5. The van der Waals surface area contributed by atoms with Crippen molar-refractivity contribution in [3.05, 3.63) is 30.2 Å². The van der Waals surface area contributed by atoms with Gasteiger partial charge in [-0.1, -0.05) is 30.1 Å². The predicted molar refractivity (Wildman–Crippen MR) is 80.1 cm³/mol. The minimum absolute atomic E-state index is 0.133. The van der Waals surface area contributed by atoms with Gasteiger partial charge in [0.25, 0.3) is 0 Å². The van der Waals surface area contributed by atoms with Crippen molar-refractivity contribution in [2.45, 2.75) is 38.0 Å². The van der Waals surface area contributed by atoms with Crippen LogP contribution in [0.1, 0.15) is 38.5 Å². The Morgan fingerprint density at radius 2 is 2.05 bits per heavy atom. The molecule has 0 bridgehead atoms. The second-order valence-electron chi connectivity index (χ2n) is 5.54. The van der Waals surface area contributed by atoms with Crippen molar-refractivity contribution >= 4 is 0 Å². The molecule has 1 aliphatic carbocycles. The van der Waals surface area contributed by atoms with Crippen molar-refractivity contribution in [1.29, 1.82) is 0 Å². The molecule has 1 saturated carbocycles. The van der Waals surface area contributed by atoms with Crippen LogP contribution in [-0.4, -0.2) is 23.3 Å². The Hall–Kier alpha value is -1.88. The third-order valence-electron chi connectivity index (χ3n) is 4.26. The number of nitrogens with two attached hydrogens (primary N) is 1. The number of aromatic nitrogens is 2. The minimum Gasteiger partial charge on any atom is -0.493 e. The van der Waals surface area contributed by atoms with Gasteiger partial charge in [0.1, 0.15) is 5.75 Å². The van der Waals surface area contributed by atoms with E-state index in [0.29, 0.717) is 24.9 Å². The molecule has 1 aliphatic rings. The molecule has 0 unspecified atom stereocenters. The van der Waals surface area contributed by atoms with E-state index < -0.39 is 0 Å². The van der Waals surface area contributed by atoms with Gasteiger partial charge in [-0.25, -0.2) is 0 Å². The van der Waals surface area contributed by atoms with E-state index in [1.807, 2.05) is 31.2 Å². The van der Waals surface area contributed by atoms with Crippen LogP contribution in [0.25, 0.3) is 11.4 Å². The molecule has 21 heavy (non-hydrogen) atoms. The Kier molecular flexibility index (Phi) is 3.92. The van der Waals surface area contributed by atoms with Gasteiger partial charge in [-0.2, -0.15) is 4.98 Å². The fraction of sp³-hybridized carbons (Fsp3) is 0.500. The van der Waals surface area contributed by atoms with E-state index >= 15 is 0 Å². The van der Waals surface area contributed by atoms with Gasteiger partial charge in [0.2, 0.25) is 11.7 Å². The first-order chi connectivity index (χ1) is 10.3. The fourth-order valence-corrected chi connectivity index (χ4v) is 3.04. The number of benzene rings is 1. The summed E-state index contributed by atoms with van der Waals surface area (Å²) < 4.78 is 11.2. The summed E-state index contributed by atoms with van der Waals surface area (Å²) in [6, 6.07) is 7.75. The molecule has 5 nitrogen and oxygen atoms in total. The summed E-state index contributed by atoms with van der Waals surface area (Å²) in [6.07, 6.45) is 4.39. The molecule has 0 saturated heterocycles. The van der Waals surface area contributed by atoms with Crippen molar-refractivity contribution in [2.24, 2.45) is 5.73 Å². The maximum Gasteiger partial charge on any atom is 0.234 e. The van der Waals surface area contributed by atoms with Gasteiger partial charge in [0.05, 0.1) is 17.6 Å². The Morgan fingerprint density at radius 3 is 2.76 bits per heavy atom. The zero-order chi connectivity index (χ0) is 14.7. The molecule has 0 aliphatic heterocycles. The van der Waals surface area contributed by atoms with Gasteiger partial charge in [0, 0.05) is 6.54 Å². The van der Waals surface area contributed by atoms with Gasteiger partial charge < -0.3 is 15.0 Å². The Balaban J connectivity index is 1.95. The van der Waals surface area contributed by atoms with Crippen LogP contribution in [0.3, 0.4) is 0 Å². The average molecular weight is 287 g/mol. The molecular formula is C16H21N3O2. The molecule has 5 heteroatoms. The molecule has 1 aromatic heterocycles. The fourth-order valence-electron chi connectivity index (χ4n) is 3.04. The van der Waals surface area contributed by atoms with Crippen LogP contribution in [0.2, 0.25) is 0 Å². The van der Waals surface area contributed by atoms with Gasteiger partial charge >= 0.3 is 0 Å². The third kappa shape index (κ3) is 2.53. The lowest BCUT2D eigenvalue weighted by Crippen LogP contribution is -2.32. The summed E-state index contributed by atoms with van der Waals surface area (Å²) in [5, 5.41) is 4.15. The van der Waals surface area contributed by atoms with Crippen molar-refractivity contribution in [2.75, 3.05) is 13.2 Å². The van der Waals surface area contributed by atoms with Gasteiger partial charge in [-0.3, -0.25) is 0 Å². The minimum atomic E-state index is -0.133. The lowest BCUT2D eigenvalue weighted by molar-refractivity contribution is 0.284. The second kappa shape index (κ2) is 5.85. The number of nitrogens with zero attached hydrogens (tertiary/aromatic N) is 2. The number of hydrogen-bond acceptors (Lipinski definition) is 5. The highest BCUT2D eigenvalue weighted by atomic mass is 16.5. The molecule has 0 amide bonds. The van der Waals surface area contributed by atoms with E-state index in [1.54, 1.807) is 0 Å². The molecule has 1 fully saturated rings. The summed E-state index contributed by atoms with van der Waals surface area (Å²) in [5.41, 5.74) is 6.70. The maximum absolute atomic E-state index is 5.97. The molecule has 0 radical (unpaired) electrons. The normalized spacial score (nSPS) is 17.0. The SMILES string of the molecule is CCOc1ccccc1-c1noc(C2(CN)CCCC2)n1. The molecule has 112 valence electrons. The van der Waals surface area contributed by atoms with Crippen LogP contribution >= 0.6 is 0 Å². The first-order valence-corrected chi connectivity index (χ1v) is 7.55. The highest BCUT2D eigenvalue weighted by molar-refractivity contribution is 5.63. The molecule has 1 heterocycles. The quantitative estimate of drug-likeness (QED) is 0.915. The second-order valence-corrected chi connectivity index (χ2v) is 5.54. The van der Waals surface area contributed by atoms with E-state index in [9.17, 15) is 0 Å². The van der Waals surface area contributed by atoms with Crippen molar-refractivity contribution < 1.29 is 9.26 Å². The first kappa shape index (κ1) is 14.1. The first-order valence-electron chi connectivity index (χ1n) is 7.55. The molecule has 3 rings (SSSR count). The third-order valence-corrected chi connectivity index (χ3v) is 4.26. The van der Waals surface area contributed by atoms with Crippen LogP contribution in [0, 0.1) is 0 Å². The van der Waals surface area contributed by atoms with Gasteiger partial charge in [0.15, 0.2) is 0 Å². The smallest absolute Gasteiger partial charge is 0.234 e. The number of ether oxygens (including phenoxy) is 1. The van der Waals surface area contributed by atoms with E-state index in [1.165, 1.54) is 12.8 Å². The Morgan fingerprint density at radius 1 is 1.29 bits per heavy atom. The van der Waals surface area contributed by atoms with Crippen LogP contribution in [0.5, 0.6) is 5.75 Å². The van der Waals surface area contributed by atoms with Gasteiger partial charge in [-0.05, 0) is 31.9 Å². The van der Waals surface area contributed by atoms with E-state index in [0.717, 1.165) is 24.2 Å². The molecule has 0 spiro atoms. The summed E-state index contributed by atoms with van der Waals surface area (Å²) in [6.45, 7) is 3.12. The Labute approximate surface area is 124 Å². The maximum atomic E-state index is 5.97. The van der Waals surface area contributed by atoms with Crippen LogP contribution in [0.4, 0.5) is 0 Å². The number of para-hydroxylation sites is 1. The van der Waals surface area contributed by atoms with Crippen LogP contribution in [0.15, 0.2) is 28.8 Å². The van der Waals surface area contributed by atoms with Gasteiger partial charge in [-0.15, -0.1) is 0 Å². The van der Waals surface area contributed by atoms with E-state index in [2.05, 4.69) is 10.1 Å². The lowest BCUT2D eigenvalue weighted by atomic mass is 9.86. The summed E-state index contributed by atoms with van der Waals surface area (Å²) in [4.78, 5) is 4.61. The number of hydrogen-bond donors (Lipinski definition) is 1. The monoisotopic (exact) mass is 287 g/mol. The summed E-state index contributed by atoms with van der Waals surface area (Å²) in [7, 11) is 0. The highest BCUT2D eigenvalue weighted by Crippen LogP contribution is 2.40. The highest BCUT2D eigenvalue weighted by Gasteiger charge is 2.39. The Bertz CT molecular complexity index is 603. The van der Waals surface area contributed by atoms with Crippen molar-refractivity contribution in [1.82, 2.24) is 10.1 Å². The molecule has 2 aromatic rings. The summed E-state index contributed by atoms with van der Waals surface area (Å²) in [5.74, 6) is 2.03. The zero-order valence-corrected chi connectivity index (χ0v) is 12.3. The molecule has 0 atom stereocenters. The van der Waals surface area contributed by atoms with Crippen molar-refractivity contribution in [3.63, 3.8) is 0 Å². The summed E-state index contributed by atoms with van der Waals surface area (Å²) >= 11 is 0. The van der Waals surface area contributed by atoms with Crippen LogP contribution < -0.4 is 10.5 Å². The predicted octanol–water partition coefficient (Wildman–Crippen LogP) is 2.91. The van der Waals surface area contributed by atoms with E-state index in [-0.39, 0.29) is 5.41 Å². The zero-order valence-electron chi connectivity index (χ0n) is 12.3. The molecule has 2 N–H and O–H groups in total. The average Bonchev–Trinajstić information content (AvgIpc) is 3.18. The largest absolute Gasteiger partial charge is 0.493 e. The van der Waals surface area contributed by atoms with Crippen LogP contribution in [-0.2, 0) is 5.41 Å². The topological polar surface area (TPSA) is 74.2 Å². The lowest BCUT2D eigenvalue weighted by Gasteiger charge is -2.21. The molecule has 1 aromatic carbocycles. The van der Waals surface area contributed by atoms with E-state index in [4.69, 9.17) is 15.0 Å².